The number of carbonyl (C=O) groups is 2. The number of carbonyl (C=O) groups excluding carboxylic acids is 2. The molecule has 178 valence electrons. The van der Waals surface area contributed by atoms with Crippen molar-refractivity contribution in [2.75, 3.05) is 47.6 Å². The number of hydrogen-bond acceptors (Lipinski definition) is 7. The first kappa shape index (κ1) is 24.3. The number of ether oxygens (including phenoxy) is 3. The van der Waals surface area contributed by atoms with Crippen LogP contribution in [0.15, 0.2) is 50.8 Å². The Kier molecular flexibility index (Phi) is 7.60. The molecule has 2 heterocycles. The summed E-state index contributed by atoms with van der Waals surface area (Å²) in [5, 5.41) is 0.527. The molecule has 10 heteroatoms. The quantitative estimate of drug-likeness (QED) is 0.524. The van der Waals surface area contributed by atoms with Crippen molar-refractivity contribution in [2.24, 2.45) is 4.99 Å². The Hall–Kier alpha value is -2.82. The Balaban J connectivity index is 1.59. The van der Waals surface area contributed by atoms with Gasteiger partial charge >= 0.3 is 0 Å². The molecule has 2 aromatic carbocycles. The van der Waals surface area contributed by atoms with Gasteiger partial charge in [-0.1, -0.05) is 6.07 Å². The zero-order valence-corrected chi connectivity index (χ0v) is 21.4. The lowest BCUT2D eigenvalue weighted by atomic mass is 10.1. The van der Waals surface area contributed by atoms with Crippen molar-refractivity contribution in [1.82, 2.24) is 9.80 Å². The fourth-order valence-electron chi connectivity index (χ4n) is 3.56. The maximum atomic E-state index is 12.9. The summed E-state index contributed by atoms with van der Waals surface area (Å²) in [4.78, 5) is 34.1. The second-order valence-electron chi connectivity index (χ2n) is 7.55. The highest BCUT2D eigenvalue weighted by molar-refractivity contribution is 9.10. The highest BCUT2D eigenvalue weighted by atomic mass is 79.9. The summed E-state index contributed by atoms with van der Waals surface area (Å²) in [6, 6.07) is 10.7. The molecule has 8 nitrogen and oxygen atoms in total. The number of thioether (sulfide) groups is 1. The van der Waals surface area contributed by atoms with E-state index in [-0.39, 0.29) is 11.8 Å². The molecule has 4 rings (SSSR count). The first-order valence-electron chi connectivity index (χ1n) is 10.6. The summed E-state index contributed by atoms with van der Waals surface area (Å²) in [6.07, 6.45) is 1.77. The highest BCUT2D eigenvalue weighted by Crippen LogP contribution is 2.38. The largest absolute Gasteiger partial charge is 0.496 e. The van der Waals surface area contributed by atoms with Crippen LogP contribution in [0.3, 0.4) is 0 Å². The van der Waals surface area contributed by atoms with Crippen molar-refractivity contribution in [3.05, 3.63) is 56.9 Å². The predicted molar refractivity (Wildman–Crippen MR) is 136 cm³/mol. The number of rotatable bonds is 5. The lowest BCUT2D eigenvalue weighted by Gasteiger charge is -2.26. The highest BCUT2D eigenvalue weighted by Gasteiger charge is 2.31. The third-order valence-corrected chi connectivity index (χ3v) is 7.09. The van der Waals surface area contributed by atoms with Gasteiger partial charge in [0.1, 0.15) is 11.5 Å². The van der Waals surface area contributed by atoms with E-state index in [9.17, 15) is 9.59 Å². The number of likely N-dealkylation sites (N-methyl/N-ethyl adjacent to an activating group) is 1. The van der Waals surface area contributed by atoms with E-state index in [0.29, 0.717) is 59.1 Å². The molecule has 0 radical (unpaired) electrons. The molecular weight excluding hydrogens is 522 g/mol. The monoisotopic (exact) mass is 545 g/mol. The number of aliphatic imine (C=N–C) groups is 1. The van der Waals surface area contributed by atoms with Gasteiger partial charge in [-0.05, 0) is 58.0 Å². The van der Waals surface area contributed by atoms with E-state index >= 15 is 0 Å². The molecule has 2 aromatic rings. The molecule has 0 bridgehead atoms. The maximum absolute atomic E-state index is 12.9. The number of halogens is 1. The smallest absolute Gasteiger partial charge is 0.266 e. The van der Waals surface area contributed by atoms with Crippen LogP contribution in [0.5, 0.6) is 11.5 Å². The second-order valence-corrected chi connectivity index (χ2v) is 9.42. The molecule has 0 saturated carbocycles. The zero-order chi connectivity index (χ0) is 24.2. The van der Waals surface area contributed by atoms with E-state index in [0.717, 1.165) is 10.0 Å². The van der Waals surface area contributed by atoms with Crippen LogP contribution in [0.25, 0.3) is 6.08 Å². The Morgan fingerprint density at radius 1 is 1.15 bits per heavy atom. The molecule has 0 spiro atoms. The van der Waals surface area contributed by atoms with Gasteiger partial charge in [-0.3, -0.25) is 14.5 Å². The molecule has 0 atom stereocenters. The number of morpholine rings is 1. The Bertz CT molecular complexity index is 1180. The average Bonchev–Trinajstić information content (AvgIpc) is 3.12. The van der Waals surface area contributed by atoms with Crippen LogP contribution in [0.1, 0.15) is 15.9 Å². The molecule has 0 aromatic heterocycles. The lowest BCUT2D eigenvalue weighted by molar-refractivity contribution is -0.121. The van der Waals surface area contributed by atoms with Gasteiger partial charge in [0.2, 0.25) is 0 Å². The van der Waals surface area contributed by atoms with E-state index in [1.807, 2.05) is 12.1 Å². The predicted octanol–water partition coefficient (Wildman–Crippen LogP) is 4.17. The molecule has 0 unspecified atom stereocenters. The van der Waals surface area contributed by atoms with Crippen LogP contribution in [0, 0.1) is 0 Å². The normalized spacial score (nSPS) is 18.6. The van der Waals surface area contributed by atoms with E-state index in [2.05, 4.69) is 20.9 Å². The molecule has 2 saturated heterocycles. The third kappa shape index (κ3) is 5.13. The number of amidine groups is 1. The van der Waals surface area contributed by atoms with Gasteiger partial charge in [0, 0.05) is 37.3 Å². The van der Waals surface area contributed by atoms with Crippen molar-refractivity contribution in [3.63, 3.8) is 0 Å². The first-order chi connectivity index (χ1) is 16.4. The summed E-state index contributed by atoms with van der Waals surface area (Å²) >= 11 is 4.74. The lowest BCUT2D eigenvalue weighted by Crippen LogP contribution is -2.40. The van der Waals surface area contributed by atoms with E-state index in [4.69, 9.17) is 14.2 Å². The molecule has 2 aliphatic heterocycles. The van der Waals surface area contributed by atoms with Crippen molar-refractivity contribution >= 4 is 56.4 Å². The van der Waals surface area contributed by atoms with E-state index < -0.39 is 0 Å². The number of methoxy groups -OCH3 is 2. The van der Waals surface area contributed by atoms with E-state index in [1.54, 1.807) is 56.5 Å². The van der Waals surface area contributed by atoms with Gasteiger partial charge in [-0.15, -0.1) is 0 Å². The van der Waals surface area contributed by atoms with Gasteiger partial charge in [-0.25, -0.2) is 4.99 Å². The minimum Gasteiger partial charge on any atom is -0.496 e. The van der Waals surface area contributed by atoms with Gasteiger partial charge < -0.3 is 19.1 Å². The van der Waals surface area contributed by atoms with Crippen molar-refractivity contribution in [2.45, 2.75) is 0 Å². The minimum absolute atomic E-state index is 0.0494. The van der Waals surface area contributed by atoms with Gasteiger partial charge in [-0.2, -0.15) is 0 Å². The number of benzene rings is 2. The number of hydrogen-bond donors (Lipinski definition) is 0. The summed E-state index contributed by atoms with van der Waals surface area (Å²) < 4.78 is 16.9. The Morgan fingerprint density at radius 2 is 1.88 bits per heavy atom. The first-order valence-corrected chi connectivity index (χ1v) is 12.2. The number of nitrogens with zero attached hydrogens (tertiary/aromatic N) is 3. The summed E-state index contributed by atoms with van der Waals surface area (Å²) in [7, 11) is 4.83. The molecule has 2 aliphatic rings. The summed E-state index contributed by atoms with van der Waals surface area (Å²) in [5.74, 6) is 1.00. The van der Waals surface area contributed by atoms with E-state index in [1.165, 1.54) is 16.7 Å². The van der Waals surface area contributed by atoms with Crippen LogP contribution < -0.4 is 9.47 Å². The van der Waals surface area contributed by atoms with Crippen molar-refractivity contribution in [3.8, 4) is 11.5 Å². The Labute approximate surface area is 210 Å². The van der Waals surface area contributed by atoms with Crippen LogP contribution in [-0.2, 0) is 9.53 Å². The summed E-state index contributed by atoms with van der Waals surface area (Å²) in [6.45, 7) is 2.23. The van der Waals surface area contributed by atoms with Crippen molar-refractivity contribution < 1.29 is 23.8 Å². The molecule has 34 heavy (non-hydrogen) atoms. The SMILES string of the molecule is COc1cc(OC)c(/C=C2/SC(=Nc3cccc(C(=O)N4CCOCC4)c3)N(C)C2=O)cc1Br. The zero-order valence-electron chi connectivity index (χ0n) is 19.0. The van der Waals surface area contributed by atoms with Crippen LogP contribution in [0.4, 0.5) is 5.69 Å². The second kappa shape index (κ2) is 10.6. The fraction of sp³-hybridized carbons (Fsp3) is 0.292. The third-order valence-electron chi connectivity index (χ3n) is 5.41. The van der Waals surface area contributed by atoms with Crippen LogP contribution >= 0.6 is 27.7 Å². The van der Waals surface area contributed by atoms with Gasteiger partial charge in [0.05, 0.1) is 42.5 Å². The van der Waals surface area contributed by atoms with Gasteiger partial charge in [0.15, 0.2) is 5.17 Å². The fourth-order valence-corrected chi connectivity index (χ4v) is 5.06. The molecule has 0 aliphatic carbocycles. The molecule has 2 amide bonds. The maximum Gasteiger partial charge on any atom is 0.266 e. The van der Waals surface area contributed by atoms with Crippen LogP contribution in [0.2, 0.25) is 0 Å². The summed E-state index contributed by atoms with van der Waals surface area (Å²) in [5.41, 5.74) is 1.90. The minimum atomic E-state index is -0.168. The van der Waals surface area contributed by atoms with Crippen molar-refractivity contribution in [1.29, 1.82) is 0 Å². The van der Waals surface area contributed by atoms with Gasteiger partial charge in [0.25, 0.3) is 11.8 Å². The standard InChI is InChI=1S/C24H24BrN3O5S/c1-27-23(30)21(13-16-12-18(25)20(32-3)14-19(16)31-2)34-24(27)26-17-6-4-5-15(11-17)22(29)28-7-9-33-10-8-28/h4-6,11-14H,7-10H2,1-3H3/b21-13+,26-24?. The molecule has 0 N–H and O–H groups in total. The average molecular weight is 546 g/mol. The molecular formula is C24H24BrN3O5S. The topological polar surface area (TPSA) is 80.7 Å². The molecule has 2 fully saturated rings. The Morgan fingerprint density at radius 3 is 2.59 bits per heavy atom. The van der Waals surface area contributed by atoms with Crippen LogP contribution in [-0.4, -0.2) is 74.4 Å². The number of amides is 2.